The Balaban J connectivity index is 2.05. The molecule has 2 rings (SSSR count). The highest BCUT2D eigenvalue weighted by Gasteiger charge is 2.29. The first-order chi connectivity index (χ1) is 8.18. The van der Waals surface area contributed by atoms with Crippen molar-refractivity contribution in [2.45, 2.75) is 19.1 Å². The Labute approximate surface area is 100 Å². The maximum atomic E-state index is 10.9. The van der Waals surface area contributed by atoms with Crippen LogP contribution in [0.3, 0.4) is 0 Å². The van der Waals surface area contributed by atoms with Crippen LogP contribution in [0.2, 0.25) is 0 Å². The van der Waals surface area contributed by atoms with Gasteiger partial charge >= 0.3 is 5.97 Å². The van der Waals surface area contributed by atoms with Crippen molar-refractivity contribution in [2.24, 2.45) is 0 Å². The van der Waals surface area contributed by atoms with Crippen molar-refractivity contribution in [3.05, 3.63) is 30.1 Å². The van der Waals surface area contributed by atoms with Gasteiger partial charge in [0.25, 0.3) is 0 Å². The molecule has 0 amide bonds. The Bertz CT molecular complexity index is 383. The lowest BCUT2D eigenvalue weighted by molar-refractivity contribution is -0.157. The summed E-state index contributed by atoms with van der Waals surface area (Å²) in [5.41, 5.74) is 1.14. The van der Waals surface area contributed by atoms with E-state index in [9.17, 15) is 4.79 Å². The highest BCUT2D eigenvalue weighted by atomic mass is 16.5. The topological polar surface area (TPSA) is 62.7 Å². The normalized spacial score (nSPS) is 23.2. The number of aliphatic carboxylic acids is 1. The van der Waals surface area contributed by atoms with Gasteiger partial charge in [0.1, 0.15) is 0 Å². The minimum atomic E-state index is -0.892. The smallest absolute Gasteiger partial charge is 0.334 e. The fourth-order valence-corrected chi connectivity index (χ4v) is 2.02. The number of nitrogens with zero attached hydrogens (tertiary/aromatic N) is 2. The third-order valence-corrected chi connectivity index (χ3v) is 3.11. The van der Waals surface area contributed by atoms with Gasteiger partial charge in [0.05, 0.1) is 6.61 Å². The number of rotatable bonds is 3. The van der Waals surface area contributed by atoms with E-state index in [2.05, 4.69) is 16.8 Å². The highest BCUT2D eigenvalue weighted by Crippen LogP contribution is 2.21. The Morgan fingerprint density at radius 3 is 2.94 bits per heavy atom. The molecule has 1 saturated heterocycles. The van der Waals surface area contributed by atoms with Gasteiger partial charge < -0.3 is 9.84 Å². The van der Waals surface area contributed by atoms with E-state index < -0.39 is 12.1 Å². The van der Waals surface area contributed by atoms with E-state index in [1.807, 2.05) is 12.1 Å². The summed E-state index contributed by atoms with van der Waals surface area (Å²) in [6.45, 7) is 3.72. The van der Waals surface area contributed by atoms with Crippen LogP contribution < -0.4 is 0 Å². The summed E-state index contributed by atoms with van der Waals surface area (Å²) in [5.74, 6) is -0.892. The molecule has 5 heteroatoms. The summed E-state index contributed by atoms with van der Waals surface area (Å²) < 4.78 is 5.20. The Hall–Kier alpha value is -1.46. The van der Waals surface area contributed by atoms with Gasteiger partial charge in [-0.3, -0.25) is 9.88 Å². The molecule has 2 heterocycles. The van der Waals surface area contributed by atoms with Gasteiger partial charge in [-0.2, -0.15) is 0 Å². The molecule has 1 aromatic heterocycles. The molecule has 1 aromatic rings. The molecule has 2 unspecified atom stereocenters. The second-order valence-electron chi connectivity index (χ2n) is 4.15. The van der Waals surface area contributed by atoms with Crippen molar-refractivity contribution in [3.63, 3.8) is 0 Å². The fourth-order valence-electron chi connectivity index (χ4n) is 2.02. The van der Waals surface area contributed by atoms with Gasteiger partial charge in [-0.15, -0.1) is 0 Å². The molecular formula is C12H16N2O3. The highest BCUT2D eigenvalue weighted by molar-refractivity contribution is 5.72. The van der Waals surface area contributed by atoms with Gasteiger partial charge in [-0.05, 0) is 24.6 Å². The SMILES string of the molecule is CC(c1ccncc1)N1CCOC(C(=O)O)C1. The largest absolute Gasteiger partial charge is 0.479 e. The lowest BCUT2D eigenvalue weighted by Gasteiger charge is -2.35. The molecule has 2 atom stereocenters. The lowest BCUT2D eigenvalue weighted by Crippen LogP contribution is -2.46. The van der Waals surface area contributed by atoms with Crippen LogP contribution >= 0.6 is 0 Å². The van der Waals surface area contributed by atoms with E-state index in [1.165, 1.54) is 0 Å². The number of hydrogen-bond acceptors (Lipinski definition) is 4. The molecule has 1 aliphatic rings. The first-order valence-electron chi connectivity index (χ1n) is 5.67. The van der Waals surface area contributed by atoms with Crippen LogP contribution in [0.1, 0.15) is 18.5 Å². The van der Waals surface area contributed by atoms with Crippen LogP contribution in [-0.4, -0.2) is 46.8 Å². The summed E-state index contributed by atoms with van der Waals surface area (Å²) in [4.78, 5) is 17.0. The molecule has 92 valence electrons. The monoisotopic (exact) mass is 236 g/mol. The minimum absolute atomic E-state index is 0.184. The number of aromatic nitrogens is 1. The van der Waals surface area contributed by atoms with Gasteiger partial charge in [-0.1, -0.05) is 0 Å². The quantitative estimate of drug-likeness (QED) is 0.845. The van der Waals surface area contributed by atoms with Crippen molar-refractivity contribution in [2.75, 3.05) is 19.7 Å². The van der Waals surface area contributed by atoms with Gasteiger partial charge in [0, 0.05) is 31.5 Å². The molecule has 0 aromatic carbocycles. The zero-order valence-electron chi connectivity index (χ0n) is 9.74. The number of ether oxygens (including phenoxy) is 1. The molecule has 0 saturated carbocycles. The van der Waals surface area contributed by atoms with Crippen LogP contribution in [0.25, 0.3) is 0 Å². The second kappa shape index (κ2) is 5.25. The zero-order chi connectivity index (χ0) is 12.3. The van der Waals surface area contributed by atoms with Crippen molar-refractivity contribution in [1.82, 2.24) is 9.88 Å². The lowest BCUT2D eigenvalue weighted by atomic mass is 10.1. The summed E-state index contributed by atoms with van der Waals surface area (Å²) >= 11 is 0. The molecule has 0 bridgehead atoms. The molecule has 1 N–H and O–H groups in total. The van der Waals surface area contributed by atoms with E-state index in [-0.39, 0.29) is 6.04 Å². The van der Waals surface area contributed by atoms with Gasteiger partial charge in [0.2, 0.25) is 0 Å². The van der Waals surface area contributed by atoms with Crippen LogP contribution in [0.15, 0.2) is 24.5 Å². The van der Waals surface area contributed by atoms with Crippen molar-refractivity contribution in [1.29, 1.82) is 0 Å². The minimum Gasteiger partial charge on any atom is -0.479 e. The number of morpholine rings is 1. The number of pyridine rings is 1. The summed E-state index contributed by atoms with van der Waals surface area (Å²) in [5, 5.41) is 8.95. The van der Waals surface area contributed by atoms with Crippen LogP contribution in [0, 0.1) is 0 Å². The van der Waals surface area contributed by atoms with E-state index in [0.717, 1.165) is 12.1 Å². The Kier molecular flexibility index (Phi) is 3.71. The van der Waals surface area contributed by atoms with E-state index >= 15 is 0 Å². The second-order valence-corrected chi connectivity index (χ2v) is 4.15. The zero-order valence-corrected chi connectivity index (χ0v) is 9.74. The molecule has 5 nitrogen and oxygen atoms in total. The molecule has 1 fully saturated rings. The number of hydrogen-bond donors (Lipinski definition) is 1. The number of carbonyl (C=O) groups is 1. The first kappa shape index (κ1) is 12.0. The number of carboxylic acids is 1. The third kappa shape index (κ3) is 2.81. The van der Waals surface area contributed by atoms with Gasteiger partial charge in [-0.25, -0.2) is 4.79 Å². The molecular weight excluding hydrogens is 220 g/mol. The predicted molar refractivity (Wildman–Crippen MR) is 61.6 cm³/mol. The Morgan fingerprint density at radius 2 is 2.29 bits per heavy atom. The van der Waals surface area contributed by atoms with Crippen LogP contribution in [-0.2, 0) is 9.53 Å². The standard InChI is InChI=1S/C12H16N2O3/c1-9(10-2-4-13-5-3-10)14-6-7-17-11(8-14)12(15)16/h2-5,9,11H,6-8H2,1H3,(H,15,16). The average Bonchev–Trinajstić information content (AvgIpc) is 2.39. The van der Waals surface area contributed by atoms with Crippen molar-refractivity contribution in [3.8, 4) is 0 Å². The molecule has 17 heavy (non-hydrogen) atoms. The summed E-state index contributed by atoms with van der Waals surface area (Å²) in [7, 11) is 0. The van der Waals surface area contributed by atoms with E-state index in [1.54, 1.807) is 12.4 Å². The van der Waals surface area contributed by atoms with Crippen molar-refractivity contribution < 1.29 is 14.6 Å². The average molecular weight is 236 g/mol. The van der Waals surface area contributed by atoms with Gasteiger partial charge in [0.15, 0.2) is 6.10 Å². The van der Waals surface area contributed by atoms with Crippen molar-refractivity contribution >= 4 is 5.97 Å². The number of carboxylic acid groups (broad SMARTS) is 1. The predicted octanol–water partition coefficient (Wildman–Crippen LogP) is 0.928. The summed E-state index contributed by atoms with van der Waals surface area (Å²) in [6, 6.07) is 4.09. The maximum Gasteiger partial charge on any atom is 0.334 e. The van der Waals surface area contributed by atoms with E-state index in [0.29, 0.717) is 13.2 Å². The fraction of sp³-hybridized carbons (Fsp3) is 0.500. The maximum absolute atomic E-state index is 10.9. The van der Waals surface area contributed by atoms with Crippen LogP contribution in [0.4, 0.5) is 0 Å². The molecule has 0 aliphatic carbocycles. The molecule has 0 radical (unpaired) electrons. The molecule has 1 aliphatic heterocycles. The first-order valence-corrected chi connectivity index (χ1v) is 5.67. The molecule has 0 spiro atoms. The van der Waals surface area contributed by atoms with E-state index in [4.69, 9.17) is 9.84 Å². The summed E-state index contributed by atoms with van der Waals surface area (Å²) in [6.07, 6.45) is 2.79. The third-order valence-electron chi connectivity index (χ3n) is 3.11. The Morgan fingerprint density at radius 1 is 1.59 bits per heavy atom. The van der Waals surface area contributed by atoms with Crippen LogP contribution in [0.5, 0.6) is 0 Å².